The molecule has 1 N–H and O–H groups in total. The number of aromatic nitrogens is 2. The summed E-state index contributed by atoms with van der Waals surface area (Å²) in [5.74, 6) is 0.925. The minimum atomic E-state index is -0.558. The zero-order chi connectivity index (χ0) is 15.6. The number of ether oxygens (including phenoxy) is 1. The van der Waals surface area contributed by atoms with Crippen LogP contribution in [0.1, 0.15) is 20.8 Å². The fraction of sp³-hybridized carbons (Fsp3) is 0.308. The molecule has 0 saturated carbocycles. The molecule has 2 heterocycles. The summed E-state index contributed by atoms with van der Waals surface area (Å²) in [5, 5.41) is 2.56. The topological polar surface area (TPSA) is 77.2 Å². The van der Waals surface area contributed by atoms with Gasteiger partial charge in [-0.15, -0.1) is 0 Å². The Hall–Kier alpha value is -1.41. The molecule has 0 fully saturated rings. The second-order valence-corrected chi connectivity index (χ2v) is 6.73. The largest absolute Gasteiger partial charge is 0.445 e. The summed E-state index contributed by atoms with van der Waals surface area (Å²) in [5.41, 5.74) is -0.116. The van der Waals surface area contributed by atoms with E-state index >= 15 is 0 Å². The number of hydrogen-bond donors (Lipinski definition) is 1. The van der Waals surface area contributed by atoms with Crippen molar-refractivity contribution in [2.45, 2.75) is 26.4 Å². The maximum absolute atomic E-state index is 11.6. The second kappa shape index (κ2) is 6.15. The van der Waals surface area contributed by atoms with Gasteiger partial charge >= 0.3 is 6.09 Å². The van der Waals surface area contributed by atoms with Crippen molar-refractivity contribution in [1.29, 1.82) is 0 Å². The Labute approximate surface area is 138 Å². The number of nitrogens with zero attached hydrogens (tertiary/aromatic N) is 2. The van der Waals surface area contributed by atoms with Crippen molar-refractivity contribution in [2.75, 3.05) is 5.32 Å². The standard InChI is InChI=1S/C13H13Br2N3O3/c1-13(2,3)21-12(19)18-7-5-16-11(17-6-7)9-4-8(14)10(15)20-9/h4-6H,1-3H3,(H,18,19). The van der Waals surface area contributed by atoms with Gasteiger partial charge in [0.05, 0.1) is 22.6 Å². The molecule has 0 atom stereocenters. The lowest BCUT2D eigenvalue weighted by Crippen LogP contribution is -2.27. The Kier molecular flexibility index (Phi) is 4.67. The first-order valence-corrected chi connectivity index (χ1v) is 7.60. The number of carbonyl (C=O) groups excluding carboxylic acids is 1. The smallest absolute Gasteiger partial charge is 0.412 e. The Morgan fingerprint density at radius 3 is 2.38 bits per heavy atom. The number of rotatable bonds is 2. The zero-order valence-electron chi connectivity index (χ0n) is 11.6. The first-order valence-electron chi connectivity index (χ1n) is 6.02. The molecule has 2 aromatic rings. The monoisotopic (exact) mass is 417 g/mol. The molecule has 1 amide bonds. The number of carbonyl (C=O) groups is 1. The molecule has 0 aromatic carbocycles. The van der Waals surface area contributed by atoms with Gasteiger partial charge in [0, 0.05) is 6.07 Å². The van der Waals surface area contributed by atoms with Crippen molar-refractivity contribution in [2.24, 2.45) is 0 Å². The van der Waals surface area contributed by atoms with E-state index in [0.717, 1.165) is 4.47 Å². The van der Waals surface area contributed by atoms with E-state index in [4.69, 9.17) is 9.15 Å². The molecule has 0 aliphatic carbocycles. The second-order valence-electron chi connectivity index (χ2n) is 5.15. The first-order chi connectivity index (χ1) is 9.74. The van der Waals surface area contributed by atoms with E-state index in [0.29, 0.717) is 21.9 Å². The van der Waals surface area contributed by atoms with Crippen molar-refractivity contribution < 1.29 is 13.9 Å². The SMILES string of the molecule is CC(C)(C)OC(=O)Nc1cnc(-c2cc(Br)c(Br)o2)nc1. The fourth-order valence-electron chi connectivity index (χ4n) is 1.40. The van der Waals surface area contributed by atoms with E-state index in [1.54, 1.807) is 26.8 Å². The number of amides is 1. The third-order valence-corrected chi connectivity index (χ3v) is 3.87. The predicted octanol–water partition coefficient (Wildman–Crippen LogP) is 4.61. The van der Waals surface area contributed by atoms with Gasteiger partial charge in [-0.05, 0) is 52.6 Å². The van der Waals surface area contributed by atoms with E-state index in [1.165, 1.54) is 12.4 Å². The van der Waals surface area contributed by atoms with E-state index in [1.807, 2.05) is 0 Å². The van der Waals surface area contributed by atoms with Gasteiger partial charge < -0.3 is 9.15 Å². The van der Waals surface area contributed by atoms with Gasteiger partial charge in [-0.2, -0.15) is 0 Å². The van der Waals surface area contributed by atoms with Crippen molar-refractivity contribution in [3.63, 3.8) is 0 Å². The number of hydrogen-bond acceptors (Lipinski definition) is 5. The Bertz CT molecular complexity index is 628. The van der Waals surface area contributed by atoms with E-state index in [-0.39, 0.29) is 0 Å². The molecular weight excluding hydrogens is 406 g/mol. The van der Waals surface area contributed by atoms with Gasteiger partial charge in [-0.3, -0.25) is 5.32 Å². The lowest BCUT2D eigenvalue weighted by atomic mass is 10.2. The molecule has 0 aliphatic heterocycles. The average molecular weight is 419 g/mol. The van der Waals surface area contributed by atoms with Gasteiger partial charge in [0.25, 0.3) is 0 Å². The fourth-order valence-corrected chi connectivity index (χ4v) is 1.98. The third kappa shape index (κ3) is 4.53. The van der Waals surface area contributed by atoms with E-state index in [9.17, 15) is 4.79 Å². The summed E-state index contributed by atoms with van der Waals surface area (Å²) in [4.78, 5) is 19.9. The quantitative estimate of drug-likeness (QED) is 0.770. The maximum atomic E-state index is 11.6. The van der Waals surface area contributed by atoms with Gasteiger partial charge in [-0.1, -0.05) is 0 Å². The minimum Gasteiger partial charge on any atom is -0.445 e. The maximum Gasteiger partial charge on any atom is 0.412 e. The highest BCUT2D eigenvalue weighted by molar-refractivity contribution is 9.13. The highest BCUT2D eigenvalue weighted by Crippen LogP contribution is 2.31. The molecule has 0 unspecified atom stereocenters. The molecule has 0 spiro atoms. The third-order valence-electron chi connectivity index (χ3n) is 2.16. The summed E-state index contributed by atoms with van der Waals surface area (Å²) in [6.07, 6.45) is 2.41. The van der Waals surface area contributed by atoms with Crippen LogP contribution in [0.15, 0.2) is 32.0 Å². The zero-order valence-corrected chi connectivity index (χ0v) is 14.8. The number of halogens is 2. The average Bonchev–Trinajstić information content (AvgIpc) is 2.68. The normalized spacial score (nSPS) is 11.3. The van der Waals surface area contributed by atoms with Crippen molar-refractivity contribution in [3.05, 3.63) is 27.6 Å². The van der Waals surface area contributed by atoms with Crippen LogP contribution in [0.25, 0.3) is 11.6 Å². The highest BCUT2D eigenvalue weighted by atomic mass is 79.9. The molecular formula is C13H13Br2N3O3. The van der Waals surface area contributed by atoms with Crippen LogP contribution in [-0.4, -0.2) is 21.7 Å². The molecule has 112 valence electrons. The molecule has 0 radical (unpaired) electrons. The van der Waals surface area contributed by atoms with Gasteiger partial charge in [0.2, 0.25) is 0 Å². The summed E-state index contributed by atoms with van der Waals surface area (Å²) < 4.78 is 11.9. The van der Waals surface area contributed by atoms with Crippen LogP contribution in [0.2, 0.25) is 0 Å². The molecule has 0 aliphatic rings. The van der Waals surface area contributed by atoms with Crippen LogP contribution in [-0.2, 0) is 4.74 Å². The van der Waals surface area contributed by atoms with Gasteiger partial charge in [0.1, 0.15) is 5.60 Å². The van der Waals surface area contributed by atoms with Crippen molar-refractivity contribution >= 4 is 43.6 Å². The van der Waals surface area contributed by atoms with E-state index in [2.05, 4.69) is 47.1 Å². The Morgan fingerprint density at radius 2 is 1.90 bits per heavy atom. The molecule has 6 nitrogen and oxygen atoms in total. The Morgan fingerprint density at radius 1 is 1.29 bits per heavy atom. The lowest BCUT2D eigenvalue weighted by molar-refractivity contribution is 0.0636. The summed E-state index contributed by atoms with van der Waals surface area (Å²) in [7, 11) is 0. The lowest BCUT2D eigenvalue weighted by Gasteiger charge is -2.19. The van der Waals surface area contributed by atoms with Crippen LogP contribution in [0.3, 0.4) is 0 Å². The molecule has 0 saturated heterocycles. The van der Waals surface area contributed by atoms with Crippen LogP contribution in [0.4, 0.5) is 10.5 Å². The van der Waals surface area contributed by atoms with E-state index < -0.39 is 11.7 Å². The van der Waals surface area contributed by atoms with Gasteiger partial charge in [-0.25, -0.2) is 14.8 Å². The minimum absolute atomic E-state index is 0.413. The van der Waals surface area contributed by atoms with Crippen LogP contribution >= 0.6 is 31.9 Å². The molecule has 21 heavy (non-hydrogen) atoms. The van der Waals surface area contributed by atoms with Crippen LogP contribution in [0.5, 0.6) is 0 Å². The molecule has 2 aromatic heterocycles. The first kappa shape index (κ1) is 16.0. The Balaban J connectivity index is 2.07. The predicted molar refractivity (Wildman–Crippen MR) is 85.0 cm³/mol. The summed E-state index contributed by atoms with van der Waals surface area (Å²) in [6, 6.07) is 1.75. The molecule has 2 rings (SSSR count). The summed E-state index contributed by atoms with van der Waals surface area (Å²) in [6.45, 7) is 5.37. The van der Waals surface area contributed by atoms with Crippen molar-refractivity contribution in [3.8, 4) is 11.6 Å². The number of anilines is 1. The number of furan rings is 1. The summed E-state index contributed by atoms with van der Waals surface area (Å²) >= 11 is 6.56. The molecule has 8 heteroatoms. The highest BCUT2D eigenvalue weighted by Gasteiger charge is 2.17. The van der Waals surface area contributed by atoms with Crippen LogP contribution in [0, 0.1) is 0 Å². The number of nitrogens with one attached hydrogen (secondary N) is 1. The molecule has 0 bridgehead atoms. The van der Waals surface area contributed by atoms with Crippen molar-refractivity contribution in [1.82, 2.24) is 9.97 Å². The van der Waals surface area contributed by atoms with Crippen LogP contribution < -0.4 is 5.32 Å². The van der Waals surface area contributed by atoms with Gasteiger partial charge in [0.15, 0.2) is 16.3 Å².